The molecule has 2 aromatic rings. The molecule has 0 aliphatic heterocycles. The summed E-state index contributed by atoms with van der Waals surface area (Å²) in [6.45, 7) is 1.60. The molecule has 0 aliphatic carbocycles. The molecular weight excluding hydrogens is 197 g/mol. The quantitative estimate of drug-likeness (QED) is 0.727. The number of carbonyl (C=O) groups is 1. The van der Waals surface area contributed by atoms with Crippen molar-refractivity contribution < 1.29 is 9.18 Å². The largest absolute Gasteiger partial charge is 0.337 e. The lowest BCUT2D eigenvalue weighted by atomic mass is 10.1. The predicted molar refractivity (Wildman–Crippen MR) is 54.0 cm³/mol. The van der Waals surface area contributed by atoms with Gasteiger partial charge in [0.05, 0.1) is 17.9 Å². The van der Waals surface area contributed by atoms with E-state index in [2.05, 4.69) is 9.97 Å². The van der Waals surface area contributed by atoms with Crippen molar-refractivity contribution in [2.24, 2.45) is 5.73 Å². The average molecular weight is 207 g/mol. The number of aromatic nitrogens is 2. The van der Waals surface area contributed by atoms with Gasteiger partial charge >= 0.3 is 0 Å². The molecule has 2 heterocycles. The minimum atomic E-state index is -0.581. The molecular formula is C10H10FN3O. The van der Waals surface area contributed by atoms with Gasteiger partial charge in [-0.2, -0.15) is 0 Å². The first-order valence-electron chi connectivity index (χ1n) is 4.52. The number of ketones is 1. The van der Waals surface area contributed by atoms with Gasteiger partial charge in [0.15, 0.2) is 5.78 Å². The van der Waals surface area contributed by atoms with E-state index >= 15 is 0 Å². The van der Waals surface area contributed by atoms with Crippen molar-refractivity contribution in [3.8, 4) is 0 Å². The van der Waals surface area contributed by atoms with E-state index in [1.165, 1.54) is 6.07 Å². The molecule has 5 heteroatoms. The van der Waals surface area contributed by atoms with E-state index in [0.717, 1.165) is 6.20 Å². The monoisotopic (exact) mass is 207 g/mol. The van der Waals surface area contributed by atoms with E-state index in [9.17, 15) is 9.18 Å². The van der Waals surface area contributed by atoms with Gasteiger partial charge in [-0.3, -0.25) is 4.79 Å². The maximum atomic E-state index is 12.8. The van der Waals surface area contributed by atoms with Gasteiger partial charge in [0.1, 0.15) is 11.5 Å². The van der Waals surface area contributed by atoms with Gasteiger partial charge in [-0.05, 0) is 19.1 Å². The Kier molecular flexibility index (Phi) is 2.24. The van der Waals surface area contributed by atoms with Crippen molar-refractivity contribution in [3.63, 3.8) is 0 Å². The van der Waals surface area contributed by atoms with Crippen LogP contribution in [0.3, 0.4) is 0 Å². The number of Topliss-reactive ketones (excluding diaryl/α,β-unsaturated/α-hetero) is 1. The number of nitrogens with one attached hydrogen (secondary N) is 1. The molecule has 78 valence electrons. The molecule has 0 aliphatic rings. The molecule has 2 rings (SSSR count). The predicted octanol–water partition coefficient (Wildman–Crippen LogP) is 1.23. The number of pyridine rings is 1. The number of nitrogens with zero attached hydrogens (tertiary/aromatic N) is 1. The number of hydrogen-bond donors (Lipinski definition) is 2. The van der Waals surface area contributed by atoms with E-state index in [1.807, 2.05) is 0 Å². The third kappa shape index (κ3) is 1.73. The molecule has 3 N–H and O–H groups in total. The fourth-order valence-corrected chi connectivity index (χ4v) is 1.37. The van der Waals surface area contributed by atoms with Crippen LogP contribution in [0.5, 0.6) is 0 Å². The van der Waals surface area contributed by atoms with Crippen LogP contribution in [0.2, 0.25) is 0 Å². The molecule has 0 amide bonds. The van der Waals surface area contributed by atoms with Crippen molar-refractivity contribution in [2.75, 3.05) is 0 Å². The van der Waals surface area contributed by atoms with Gasteiger partial charge in [0.2, 0.25) is 0 Å². The molecule has 0 aromatic carbocycles. The lowest BCUT2D eigenvalue weighted by Crippen LogP contribution is -2.26. The first-order chi connectivity index (χ1) is 7.08. The highest BCUT2D eigenvalue weighted by Gasteiger charge is 2.14. The molecule has 15 heavy (non-hydrogen) atoms. The Morgan fingerprint density at radius 1 is 1.60 bits per heavy atom. The zero-order valence-corrected chi connectivity index (χ0v) is 8.12. The van der Waals surface area contributed by atoms with Gasteiger partial charge < -0.3 is 10.7 Å². The van der Waals surface area contributed by atoms with Crippen molar-refractivity contribution >= 4 is 16.8 Å². The topological polar surface area (TPSA) is 71.8 Å². The standard InChI is InChI=1S/C10H10FN3O/c1-5(12)9(15)8-3-6-2-7(11)4-13-10(6)14-8/h2-5H,12H2,1H3,(H,13,14). The highest BCUT2D eigenvalue weighted by atomic mass is 19.1. The minimum Gasteiger partial charge on any atom is -0.337 e. The SMILES string of the molecule is CC(N)C(=O)c1cc2cc(F)cnc2[nH]1. The average Bonchev–Trinajstić information content (AvgIpc) is 2.58. The molecule has 0 saturated heterocycles. The van der Waals surface area contributed by atoms with Gasteiger partial charge in [-0.1, -0.05) is 0 Å². The summed E-state index contributed by atoms with van der Waals surface area (Å²) in [5.74, 6) is -0.644. The summed E-state index contributed by atoms with van der Waals surface area (Å²) in [6.07, 6.45) is 1.10. The number of carbonyl (C=O) groups excluding carboxylic acids is 1. The smallest absolute Gasteiger partial charge is 0.195 e. The fourth-order valence-electron chi connectivity index (χ4n) is 1.37. The summed E-state index contributed by atoms with van der Waals surface area (Å²) >= 11 is 0. The van der Waals surface area contributed by atoms with Crippen LogP contribution in [0.15, 0.2) is 18.3 Å². The summed E-state index contributed by atoms with van der Waals surface area (Å²) in [7, 11) is 0. The van der Waals surface area contributed by atoms with E-state index < -0.39 is 11.9 Å². The molecule has 2 aromatic heterocycles. The summed E-state index contributed by atoms with van der Waals surface area (Å²) in [6, 6.07) is 2.29. The zero-order valence-electron chi connectivity index (χ0n) is 8.12. The summed E-state index contributed by atoms with van der Waals surface area (Å²) in [5, 5.41) is 0.569. The first-order valence-corrected chi connectivity index (χ1v) is 4.52. The van der Waals surface area contributed by atoms with Crippen LogP contribution in [-0.2, 0) is 0 Å². The Morgan fingerprint density at radius 3 is 3.00 bits per heavy atom. The van der Waals surface area contributed by atoms with Crippen molar-refractivity contribution in [1.82, 2.24) is 9.97 Å². The number of aromatic amines is 1. The molecule has 0 fully saturated rings. The molecule has 0 saturated carbocycles. The Hall–Kier alpha value is -1.75. The molecule has 0 spiro atoms. The van der Waals surface area contributed by atoms with Crippen molar-refractivity contribution in [1.29, 1.82) is 0 Å². The van der Waals surface area contributed by atoms with Crippen molar-refractivity contribution in [3.05, 3.63) is 29.8 Å². The Labute approximate surface area is 85.3 Å². The number of fused-ring (bicyclic) bond motifs is 1. The van der Waals surface area contributed by atoms with Gasteiger partial charge in [0, 0.05) is 5.39 Å². The normalized spacial score (nSPS) is 13.0. The molecule has 1 atom stereocenters. The lowest BCUT2D eigenvalue weighted by Gasteiger charge is -1.99. The van der Waals surface area contributed by atoms with E-state index in [4.69, 9.17) is 5.73 Å². The highest BCUT2D eigenvalue weighted by molar-refractivity contribution is 6.01. The molecule has 4 nitrogen and oxygen atoms in total. The van der Waals surface area contributed by atoms with Crippen LogP contribution >= 0.6 is 0 Å². The lowest BCUT2D eigenvalue weighted by molar-refractivity contribution is 0.0964. The third-order valence-corrected chi connectivity index (χ3v) is 2.12. The highest BCUT2D eigenvalue weighted by Crippen LogP contribution is 2.14. The third-order valence-electron chi connectivity index (χ3n) is 2.12. The Bertz CT molecular complexity index is 518. The first kappa shape index (κ1) is 9.79. The van der Waals surface area contributed by atoms with Crippen LogP contribution in [-0.4, -0.2) is 21.8 Å². The number of hydrogen-bond acceptors (Lipinski definition) is 3. The van der Waals surface area contributed by atoms with Crippen LogP contribution in [0.1, 0.15) is 17.4 Å². The van der Waals surface area contributed by atoms with Crippen LogP contribution in [0, 0.1) is 5.82 Å². The second-order valence-corrected chi connectivity index (χ2v) is 3.43. The Balaban J connectivity index is 2.52. The fraction of sp³-hybridized carbons (Fsp3) is 0.200. The van der Waals surface area contributed by atoms with E-state index in [1.54, 1.807) is 13.0 Å². The maximum absolute atomic E-state index is 12.8. The zero-order chi connectivity index (χ0) is 11.0. The van der Waals surface area contributed by atoms with E-state index in [-0.39, 0.29) is 5.78 Å². The molecule has 1 unspecified atom stereocenters. The summed E-state index contributed by atoms with van der Waals surface area (Å²) in [5.41, 5.74) is 6.30. The minimum absolute atomic E-state index is 0.214. The number of rotatable bonds is 2. The van der Waals surface area contributed by atoms with Crippen molar-refractivity contribution in [2.45, 2.75) is 13.0 Å². The molecule has 0 bridgehead atoms. The van der Waals surface area contributed by atoms with Crippen LogP contribution < -0.4 is 5.73 Å². The maximum Gasteiger partial charge on any atom is 0.195 e. The van der Waals surface area contributed by atoms with Gasteiger partial charge in [0.25, 0.3) is 0 Å². The summed E-state index contributed by atoms with van der Waals surface area (Å²) in [4.78, 5) is 18.1. The molecule has 0 radical (unpaired) electrons. The summed E-state index contributed by atoms with van der Waals surface area (Å²) < 4.78 is 12.8. The van der Waals surface area contributed by atoms with Crippen LogP contribution in [0.4, 0.5) is 4.39 Å². The Morgan fingerprint density at radius 2 is 2.33 bits per heavy atom. The number of H-pyrrole nitrogens is 1. The number of nitrogens with two attached hydrogens (primary N) is 1. The second kappa shape index (κ2) is 3.43. The van der Waals surface area contributed by atoms with Gasteiger partial charge in [-0.25, -0.2) is 9.37 Å². The van der Waals surface area contributed by atoms with Gasteiger partial charge in [-0.15, -0.1) is 0 Å². The number of halogens is 1. The van der Waals surface area contributed by atoms with Crippen LogP contribution in [0.25, 0.3) is 11.0 Å². The van der Waals surface area contributed by atoms with E-state index in [0.29, 0.717) is 16.7 Å². The second-order valence-electron chi connectivity index (χ2n) is 3.43.